The Morgan fingerprint density at radius 1 is 1.03 bits per heavy atom. The molecule has 1 aliphatic carbocycles. The Hall–Kier alpha value is -2.83. The lowest BCUT2D eigenvalue weighted by Gasteiger charge is -2.40. The highest BCUT2D eigenvalue weighted by Gasteiger charge is 2.42. The minimum Gasteiger partial charge on any atom is -0.500 e. The van der Waals surface area contributed by atoms with Crippen LogP contribution in [0.5, 0.6) is 0 Å². The van der Waals surface area contributed by atoms with Gasteiger partial charge in [0, 0.05) is 17.1 Å². The largest absolute Gasteiger partial charge is 0.500 e. The number of alkyl halides is 3. The molecule has 0 bridgehead atoms. The van der Waals surface area contributed by atoms with Gasteiger partial charge in [-0.2, -0.15) is 13.2 Å². The second kappa shape index (κ2) is 9.20. The second-order valence-electron chi connectivity index (χ2n) is 9.69. The fourth-order valence-corrected chi connectivity index (χ4v) is 3.87. The molecule has 33 heavy (non-hydrogen) atoms. The molecule has 2 rings (SSSR count). The molecule has 1 aromatic rings. The molecular weight excluding hydrogens is 433 g/mol. The molecule has 1 atom stereocenters. The van der Waals surface area contributed by atoms with Gasteiger partial charge in [0.15, 0.2) is 5.78 Å². The summed E-state index contributed by atoms with van der Waals surface area (Å²) in [5.41, 5.74) is -0.0420. The van der Waals surface area contributed by atoms with E-state index < -0.39 is 34.5 Å². The topological polar surface area (TPSA) is 52.6 Å². The van der Waals surface area contributed by atoms with Gasteiger partial charge >= 0.3 is 12.1 Å². The quantitative estimate of drug-likeness (QED) is 0.277. The smallest absolute Gasteiger partial charge is 0.416 e. The number of ketones is 1. The first-order chi connectivity index (χ1) is 15.0. The van der Waals surface area contributed by atoms with Crippen LogP contribution in [0.4, 0.5) is 13.2 Å². The van der Waals surface area contributed by atoms with Gasteiger partial charge in [0.05, 0.1) is 18.2 Å². The highest BCUT2D eigenvalue weighted by Crippen LogP contribution is 2.48. The second-order valence-corrected chi connectivity index (χ2v) is 9.69. The summed E-state index contributed by atoms with van der Waals surface area (Å²) in [6.07, 6.45) is -1.44. The summed E-state index contributed by atoms with van der Waals surface area (Å²) in [7, 11) is 1.50. The summed E-state index contributed by atoms with van der Waals surface area (Å²) >= 11 is 0. The number of allylic oxidation sites excluding steroid dienone is 3. The van der Waals surface area contributed by atoms with E-state index in [9.17, 15) is 22.8 Å². The highest BCUT2D eigenvalue weighted by molar-refractivity contribution is 6.04. The van der Waals surface area contributed by atoms with Crippen molar-refractivity contribution in [3.63, 3.8) is 0 Å². The van der Waals surface area contributed by atoms with Gasteiger partial charge in [-0.25, -0.2) is 4.79 Å². The molecule has 0 aliphatic heterocycles. The lowest BCUT2D eigenvalue weighted by Crippen LogP contribution is -2.35. The molecule has 1 aromatic carbocycles. The Morgan fingerprint density at radius 2 is 1.58 bits per heavy atom. The van der Waals surface area contributed by atoms with E-state index in [1.54, 1.807) is 33.8 Å². The number of rotatable bonds is 5. The predicted molar refractivity (Wildman–Crippen MR) is 120 cm³/mol. The van der Waals surface area contributed by atoms with Crippen LogP contribution in [0.15, 0.2) is 58.9 Å². The monoisotopic (exact) mass is 464 g/mol. The fraction of sp³-hybridized carbons (Fsp3) is 0.462. The van der Waals surface area contributed by atoms with Crippen LogP contribution in [0, 0.1) is 11.3 Å². The van der Waals surface area contributed by atoms with E-state index in [1.807, 2.05) is 20.8 Å². The maximum Gasteiger partial charge on any atom is 0.416 e. The highest BCUT2D eigenvalue weighted by atomic mass is 19.4. The van der Waals surface area contributed by atoms with Gasteiger partial charge in [0.2, 0.25) is 0 Å². The maximum atomic E-state index is 12.9. The molecule has 0 amide bonds. The van der Waals surface area contributed by atoms with Crippen LogP contribution in [0.2, 0.25) is 0 Å². The van der Waals surface area contributed by atoms with E-state index in [0.717, 1.165) is 29.8 Å². The Morgan fingerprint density at radius 3 is 2.03 bits per heavy atom. The van der Waals surface area contributed by atoms with E-state index in [1.165, 1.54) is 13.2 Å². The number of halogens is 3. The van der Waals surface area contributed by atoms with Crippen LogP contribution in [0.25, 0.3) is 0 Å². The van der Waals surface area contributed by atoms with Gasteiger partial charge in [-0.3, -0.25) is 4.79 Å². The van der Waals surface area contributed by atoms with Crippen molar-refractivity contribution in [2.24, 2.45) is 11.3 Å². The number of esters is 1. The van der Waals surface area contributed by atoms with Crippen LogP contribution < -0.4 is 0 Å². The lowest BCUT2D eigenvalue weighted by atomic mass is 9.66. The molecule has 7 heteroatoms. The number of ether oxygens (including phenoxy) is 2. The third-order valence-corrected chi connectivity index (χ3v) is 5.91. The zero-order chi connectivity index (χ0) is 25.4. The predicted octanol–water partition coefficient (Wildman–Crippen LogP) is 6.68. The van der Waals surface area contributed by atoms with E-state index in [-0.39, 0.29) is 11.5 Å². The summed E-state index contributed by atoms with van der Waals surface area (Å²) < 4.78 is 49.6. The molecule has 0 saturated heterocycles. The number of carbonyl (C=O) groups is 2. The summed E-state index contributed by atoms with van der Waals surface area (Å²) in [6, 6.07) is 4.09. The molecule has 0 heterocycles. The Balaban J connectivity index is 2.40. The van der Waals surface area contributed by atoms with Gasteiger partial charge in [0.25, 0.3) is 0 Å². The SMILES string of the molecule is COC1=C(C)C(C(=O)OC(C)(C)C)=C(C)C(C)(C)C1C=CC(=O)c1ccc(C(F)(F)F)cc1. The number of carbonyl (C=O) groups excluding carboxylic acids is 2. The van der Waals surface area contributed by atoms with Crippen LogP contribution >= 0.6 is 0 Å². The van der Waals surface area contributed by atoms with Gasteiger partial charge < -0.3 is 9.47 Å². The van der Waals surface area contributed by atoms with Gasteiger partial charge in [-0.1, -0.05) is 37.6 Å². The number of benzene rings is 1. The van der Waals surface area contributed by atoms with E-state index >= 15 is 0 Å². The Bertz CT molecular complexity index is 1020. The van der Waals surface area contributed by atoms with Crippen LogP contribution in [0.1, 0.15) is 64.4 Å². The average molecular weight is 465 g/mol. The number of hydrogen-bond donors (Lipinski definition) is 0. The molecule has 1 aliphatic rings. The molecule has 180 valence electrons. The number of hydrogen-bond acceptors (Lipinski definition) is 4. The van der Waals surface area contributed by atoms with Crippen molar-refractivity contribution in [2.45, 2.75) is 60.2 Å². The van der Waals surface area contributed by atoms with Gasteiger partial charge in [0.1, 0.15) is 11.4 Å². The van der Waals surface area contributed by atoms with Crippen molar-refractivity contribution >= 4 is 11.8 Å². The normalized spacial score (nSPS) is 19.2. The zero-order valence-corrected chi connectivity index (χ0v) is 20.3. The van der Waals surface area contributed by atoms with Gasteiger partial charge in [-0.15, -0.1) is 0 Å². The first-order valence-electron chi connectivity index (χ1n) is 10.6. The molecule has 0 fully saturated rings. The van der Waals surface area contributed by atoms with Gasteiger partial charge in [-0.05, 0) is 58.2 Å². The number of methoxy groups -OCH3 is 1. The maximum absolute atomic E-state index is 12.9. The van der Waals surface area contributed by atoms with Crippen LogP contribution in [-0.2, 0) is 20.4 Å². The molecule has 0 N–H and O–H groups in total. The third-order valence-electron chi connectivity index (χ3n) is 5.91. The third kappa shape index (κ3) is 5.75. The summed E-state index contributed by atoms with van der Waals surface area (Å²) in [5.74, 6) is -0.703. The van der Waals surface area contributed by atoms with E-state index in [2.05, 4.69) is 0 Å². The van der Waals surface area contributed by atoms with Crippen molar-refractivity contribution in [1.82, 2.24) is 0 Å². The molecule has 0 radical (unpaired) electrons. The minimum atomic E-state index is -4.46. The molecule has 0 spiro atoms. The molecule has 0 saturated carbocycles. The Labute approximate surface area is 193 Å². The summed E-state index contributed by atoms with van der Waals surface area (Å²) in [6.45, 7) is 12.9. The first kappa shape index (κ1) is 26.4. The molecule has 0 aromatic heterocycles. The molecular formula is C26H31F3O4. The first-order valence-corrected chi connectivity index (χ1v) is 10.6. The summed E-state index contributed by atoms with van der Waals surface area (Å²) in [5, 5.41) is 0. The van der Waals surface area contributed by atoms with Crippen molar-refractivity contribution in [3.05, 3.63) is 70.0 Å². The average Bonchev–Trinajstić information content (AvgIpc) is 2.67. The van der Waals surface area contributed by atoms with Crippen molar-refractivity contribution in [1.29, 1.82) is 0 Å². The Kier molecular flexibility index (Phi) is 7.36. The van der Waals surface area contributed by atoms with E-state index in [4.69, 9.17) is 9.47 Å². The molecule has 4 nitrogen and oxygen atoms in total. The minimum absolute atomic E-state index is 0.147. The fourth-order valence-electron chi connectivity index (χ4n) is 3.87. The standard InChI is InChI=1S/C26H31F3O4/c1-15-21(23(31)33-24(3,4)5)16(2)25(6,7)19(22(15)32-8)13-14-20(30)17-9-11-18(12-10-17)26(27,28)29/h9-14,19H,1-8H3. The van der Waals surface area contributed by atoms with Crippen LogP contribution in [-0.4, -0.2) is 24.5 Å². The van der Waals surface area contributed by atoms with Crippen molar-refractivity contribution in [2.75, 3.05) is 7.11 Å². The van der Waals surface area contributed by atoms with Crippen molar-refractivity contribution in [3.8, 4) is 0 Å². The lowest BCUT2D eigenvalue weighted by molar-refractivity contribution is -0.149. The van der Waals surface area contributed by atoms with Crippen molar-refractivity contribution < 1.29 is 32.2 Å². The van der Waals surface area contributed by atoms with E-state index in [0.29, 0.717) is 16.9 Å². The van der Waals surface area contributed by atoms with Crippen LogP contribution in [0.3, 0.4) is 0 Å². The molecule has 1 unspecified atom stereocenters. The zero-order valence-electron chi connectivity index (χ0n) is 20.3. The summed E-state index contributed by atoms with van der Waals surface area (Å²) in [4.78, 5) is 25.6.